The molecule has 0 bridgehead atoms. The molecule has 1 amide bonds. The summed E-state index contributed by atoms with van der Waals surface area (Å²) in [5.74, 6) is -0.332. The summed E-state index contributed by atoms with van der Waals surface area (Å²) in [6, 6.07) is 4.79. The molecule has 0 aliphatic heterocycles. The lowest BCUT2D eigenvalue weighted by molar-refractivity contribution is -0.274. The molecule has 1 aromatic carbocycles. The average Bonchev–Trinajstić information content (AvgIpc) is 2.34. The third-order valence-electron chi connectivity index (χ3n) is 2.53. The van der Waals surface area contributed by atoms with E-state index in [0.717, 1.165) is 12.1 Å². The highest BCUT2D eigenvalue weighted by atomic mass is 79.9. The summed E-state index contributed by atoms with van der Waals surface area (Å²) in [5.41, 5.74) is 0.281. The fraction of sp³-hybridized carbons (Fsp3) is 0.462. The largest absolute Gasteiger partial charge is 0.573 e. The van der Waals surface area contributed by atoms with Gasteiger partial charge >= 0.3 is 6.36 Å². The maximum Gasteiger partial charge on any atom is 0.573 e. The van der Waals surface area contributed by atoms with Gasteiger partial charge in [-0.1, -0.05) is 29.8 Å². The van der Waals surface area contributed by atoms with E-state index in [2.05, 4.69) is 26.0 Å². The smallest absolute Gasteiger partial charge is 0.406 e. The molecule has 0 aliphatic carbocycles. The molecule has 1 atom stereocenters. The number of nitrogens with one attached hydrogen (secondary N) is 1. The van der Waals surface area contributed by atoms with Gasteiger partial charge in [0, 0.05) is 16.9 Å². The second kappa shape index (κ2) is 6.97. The fourth-order valence-electron chi connectivity index (χ4n) is 1.34. The minimum atomic E-state index is -4.73. The van der Waals surface area contributed by atoms with Crippen LogP contribution in [0.4, 0.5) is 13.2 Å². The number of hydrogen-bond acceptors (Lipinski definition) is 2. The molecule has 0 radical (unpaired) electrons. The maximum atomic E-state index is 12.0. The second-order valence-corrected chi connectivity index (χ2v) is 5.72. The van der Waals surface area contributed by atoms with Crippen molar-refractivity contribution in [2.24, 2.45) is 5.92 Å². The zero-order valence-electron chi connectivity index (χ0n) is 11.0. The van der Waals surface area contributed by atoms with Crippen LogP contribution < -0.4 is 10.1 Å². The lowest BCUT2D eigenvalue weighted by atomic mass is 10.1. The molecule has 0 heterocycles. The molecule has 1 aromatic rings. The van der Waals surface area contributed by atoms with Gasteiger partial charge in [0.1, 0.15) is 5.75 Å². The number of carbonyl (C=O) groups is 1. The van der Waals surface area contributed by atoms with Gasteiger partial charge in [0.25, 0.3) is 5.91 Å². The molecule has 0 spiro atoms. The Kier molecular flexibility index (Phi) is 5.86. The molecule has 0 saturated carbocycles. The first-order valence-corrected chi connectivity index (χ1v) is 6.88. The zero-order valence-corrected chi connectivity index (χ0v) is 12.6. The van der Waals surface area contributed by atoms with Crippen molar-refractivity contribution in [2.75, 3.05) is 6.54 Å². The van der Waals surface area contributed by atoms with Crippen LogP contribution in [0.3, 0.4) is 0 Å². The zero-order chi connectivity index (χ0) is 15.3. The van der Waals surface area contributed by atoms with E-state index in [1.165, 1.54) is 12.1 Å². The molecular weight excluding hydrogens is 339 g/mol. The predicted octanol–water partition coefficient (Wildman–Crippen LogP) is 3.73. The van der Waals surface area contributed by atoms with Crippen molar-refractivity contribution in [3.8, 4) is 5.75 Å². The Balaban J connectivity index is 2.58. The predicted molar refractivity (Wildman–Crippen MR) is 73.0 cm³/mol. The Morgan fingerprint density at radius 1 is 1.30 bits per heavy atom. The quantitative estimate of drug-likeness (QED) is 0.819. The highest BCUT2D eigenvalue weighted by Gasteiger charge is 2.31. The van der Waals surface area contributed by atoms with Crippen LogP contribution in [0.25, 0.3) is 0 Å². The van der Waals surface area contributed by atoms with Crippen LogP contribution >= 0.6 is 15.9 Å². The van der Waals surface area contributed by atoms with E-state index < -0.39 is 6.36 Å². The van der Waals surface area contributed by atoms with E-state index >= 15 is 0 Å². The average molecular weight is 354 g/mol. The minimum absolute atomic E-state index is 0.138. The van der Waals surface area contributed by atoms with Crippen LogP contribution in [-0.2, 0) is 0 Å². The molecular formula is C13H15BrF3NO2. The van der Waals surface area contributed by atoms with E-state index in [4.69, 9.17) is 0 Å². The van der Waals surface area contributed by atoms with Crippen LogP contribution in [0.15, 0.2) is 24.3 Å². The van der Waals surface area contributed by atoms with Crippen LogP contribution in [0, 0.1) is 5.92 Å². The van der Waals surface area contributed by atoms with Crippen LogP contribution in [0.2, 0.25) is 0 Å². The molecule has 0 fully saturated rings. The normalized spacial score (nSPS) is 13.2. The van der Waals surface area contributed by atoms with Crippen LogP contribution in [0.5, 0.6) is 5.75 Å². The third-order valence-corrected chi connectivity index (χ3v) is 3.91. The number of hydrogen-bond donors (Lipinski definition) is 1. The van der Waals surface area contributed by atoms with Gasteiger partial charge in [-0.25, -0.2) is 0 Å². The monoisotopic (exact) mass is 353 g/mol. The molecule has 1 rings (SSSR count). The first-order valence-electron chi connectivity index (χ1n) is 5.97. The van der Waals surface area contributed by atoms with E-state index in [0.29, 0.717) is 12.5 Å². The maximum absolute atomic E-state index is 12.0. The number of ether oxygens (including phenoxy) is 1. The van der Waals surface area contributed by atoms with E-state index in [-0.39, 0.29) is 22.0 Å². The summed E-state index contributed by atoms with van der Waals surface area (Å²) in [6.45, 7) is 4.46. The number of halogens is 4. The van der Waals surface area contributed by atoms with Crippen molar-refractivity contribution in [1.29, 1.82) is 0 Å². The van der Waals surface area contributed by atoms with Crippen molar-refractivity contribution < 1.29 is 22.7 Å². The van der Waals surface area contributed by atoms with Crippen molar-refractivity contribution in [2.45, 2.75) is 25.0 Å². The Hall–Kier alpha value is -1.24. The lowest BCUT2D eigenvalue weighted by Crippen LogP contribution is -2.31. The topological polar surface area (TPSA) is 38.3 Å². The standard InChI is InChI=1S/C13H15BrF3NO2/c1-8(2)11(14)7-18-12(19)9-3-5-10(6-4-9)20-13(15,16)17/h3-6,8,11H,7H2,1-2H3,(H,18,19). The molecule has 7 heteroatoms. The van der Waals surface area contributed by atoms with E-state index in [9.17, 15) is 18.0 Å². The van der Waals surface area contributed by atoms with Gasteiger partial charge in [-0.2, -0.15) is 0 Å². The first-order chi connectivity index (χ1) is 9.19. The number of benzene rings is 1. The molecule has 20 heavy (non-hydrogen) atoms. The van der Waals surface area contributed by atoms with Gasteiger partial charge in [-0.05, 0) is 30.2 Å². The van der Waals surface area contributed by atoms with Gasteiger partial charge in [0.2, 0.25) is 0 Å². The molecule has 0 aliphatic rings. The van der Waals surface area contributed by atoms with Crippen molar-refractivity contribution in [3.05, 3.63) is 29.8 Å². The molecule has 3 nitrogen and oxygen atoms in total. The second-order valence-electron chi connectivity index (χ2n) is 4.54. The Morgan fingerprint density at radius 2 is 1.85 bits per heavy atom. The van der Waals surface area contributed by atoms with Crippen molar-refractivity contribution in [3.63, 3.8) is 0 Å². The Labute approximate surface area is 123 Å². The number of amides is 1. The summed E-state index contributed by atoms with van der Waals surface area (Å²) in [4.78, 5) is 11.9. The van der Waals surface area contributed by atoms with Crippen molar-refractivity contribution in [1.82, 2.24) is 5.32 Å². The summed E-state index contributed by atoms with van der Waals surface area (Å²) in [6.07, 6.45) is -4.73. The van der Waals surface area contributed by atoms with Gasteiger partial charge in [0.05, 0.1) is 0 Å². The highest BCUT2D eigenvalue weighted by Crippen LogP contribution is 2.22. The molecule has 0 saturated heterocycles. The molecule has 1 N–H and O–H groups in total. The molecule has 1 unspecified atom stereocenters. The first kappa shape index (κ1) is 16.8. The lowest BCUT2D eigenvalue weighted by Gasteiger charge is -2.14. The Morgan fingerprint density at radius 3 is 2.30 bits per heavy atom. The van der Waals surface area contributed by atoms with Gasteiger partial charge in [-0.15, -0.1) is 13.2 Å². The number of rotatable bonds is 5. The minimum Gasteiger partial charge on any atom is -0.406 e. The Bertz CT molecular complexity index is 446. The van der Waals surface area contributed by atoms with Crippen LogP contribution in [0.1, 0.15) is 24.2 Å². The summed E-state index contributed by atoms with van der Waals surface area (Å²) in [7, 11) is 0. The summed E-state index contributed by atoms with van der Waals surface area (Å²) in [5, 5.41) is 2.70. The molecule has 112 valence electrons. The molecule has 0 aromatic heterocycles. The number of carbonyl (C=O) groups excluding carboxylic acids is 1. The number of alkyl halides is 4. The van der Waals surface area contributed by atoms with Crippen LogP contribution in [-0.4, -0.2) is 23.6 Å². The van der Waals surface area contributed by atoms with Gasteiger partial charge in [-0.3, -0.25) is 4.79 Å². The van der Waals surface area contributed by atoms with Crippen molar-refractivity contribution >= 4 is 21.8 Å². The SMILES string of the molecule is CC(C)C(Br)CNC(=O)c1ccc(OC(F)(F)F)cc1. The third kappa shape index (κ3) is 5.81. The van der Waals surface area contributed by atoms with E-state index in [1.807, 2.05) is 13.8 Å². The highest BCUT2D eigenvalue weighted by molar-refractivity contribution is 9.09. The summed E-state index contributed by atoms with van der Waals surface area (Å²) < 4.78 is 39.7. The summed E-state index contributed by atoms with van der Waals surface area (Å²) >= 11 is 3.43. The van der Waals surface area contributed by atoms with E-state index in [1.54, 1.807) is 0 Å². The van der Waals surface area contributed by atoms with Gasteiger partial charge < -0.3 is 10.1 Å². The van der Waals surface area contributed by atoms with Gasteiger partial charge in [0.15, 0.2) is 0 Å². The fourth-order valence-corrected chi connectivity index (χ4v) is 1.50.